The van der Waals surface area contributed by atoms with Gasteiger partial charge < -0.3 is 19.3 Å². The predicted molar refractivity (Wildman–Crippen MR) is 88.5 cm³/mol. The number of carbonyl (C=O) groups excluding carboxylic acids is 1. The van der Waals surface area contributed by atoms with Gasteiger partial charge in [0.1, 0.15) is 12.7 Å². The van der Waals surface area contributed by atoms with Gasteiger partial charge in [-0.15, -0.1) is 0 Å². The van der Waals surface area contributed by atoms with Crippen LogP contribution in [0.5, 0.6) is 0 Å². The van der Waals surface area contributed by atoms with E-state index >= 15 is 0 Å². The Labute approximate surface area is 140 Å². The topological polar surface area (TPSA) is 65.0 Å². The molecule has 0 aliphatic carbocycles. The lowest BCUT2D eigenvalue weighted by molar-refractivity contribution is -0.128. The molecule has 0 amide bonds. The van der Waals surface area contributed by atoms with Gasteiger partial charge in [-0.25, -0.2) is 4.79 Å². The highest BCUT2D eigenvalue weighted by Gasteiger charge is 2.34. The fraction of sp³-hybridized carbons (Fsp3) is 0.316. The highest BCUT2D eigenvalue weighted by atomic mass is 16.7. The van der Waals surface area contributed by atoms with Gasteiger partial charge in [-0.1, -0.05) is 42.5 Å². The maximum atomic E-state index is 12.1. The van der Waals surface area contributed by atoms with Crippen molar-refractivity contribution in [2.75, 3.05) is 13.7 Å². The molecule has 1 aliphatic rings. The summed E-state index contributed by atoms with van der Waals surface area (Å²) in [5.41, 5.74) is 2.58. The van der Waals surface area contributed by atoms with Crippen LogP contribution in [0.4, 0.5) is 0 Å². The fourth-order valence-electron chi connectivity index (χ4n) is 2.66. The van der Waals surface area contributed by atoms with Gasteiger partial charge in [-0.2, -0.15) is 0 Å². The molecule has 24 heavy (non-hydrogen) atoms. The molecule has 1 aliphatic heterocycles. The number of hydrogen-bond donors (Lipinski definition) is 1. The summed E-state index contributed by atoms with van der Waals surface area (Å²) in [5, 5.41) is 9.84. The lowest BCUT2D eigenvalue weighted by atomic mass is 10.0. The van der Waals surface area contributed by atoms with Gasteiger partial charge in [0.15, 0.2) is 6.29 Å². The summed E-state index contributed by atoms with van der Waals surface area (Å²) in [5.74, 6) is -0.439. The maximum Gasteiger partial charge on any atom is 0.338 e. The summed E-state index contributed by atoms with van der Waals surface area (Å²) >= 11 is 0. The smallest absolute Gasteiger partial charge is 0.338 e. The van der Waals surface area contributed by atoms with Crippen molar-refractivity contribution < 1.29 is 24.1 Å². The summed E-state index contributed by atoms with van der Waals surface area (Å²) in [7, 11) is 1.51. The minimum atomic E-state index is -0.691. The average Bonchev–Trinajstić information content (AvgIpc) is 3.00. The molecule has 1 N–H and O–H groups in total. The predicted octanol–water partition coefficient (Wildman–Crippen LogP) is 2.63. The van der Waals surface area contributed by atoms with E-state index in [-0.39, 0.29) is 6.61 Å². The van der Waals surface area contributed by atoms with Crippen molar-refractivity contribution in [3.8, 4) is 11.1 Å². The molecule has 5 nitrogen and oxygen atoms in total. The number of benzene rings is 2. The standard InChI is InChI=1S/C19H20O5/c1-22-18-11-16(20)17(24-18)12-23-19(21)15-9-7-14(8-10-15)13-5-3-2-4-6-13/h2-10,16-18,20H,11-12H2,1H3/t16-,17-,18-/m1/s1. The minimum Gasteiger partial charge on any atom is -0.459 e. The molecule has 0 spiro atoms. The largest absolute Gasteiger partial charge is 0.459 e. The Morgan fingerprint density at radius 3 is 2.42 bits per heavy atom. The zero-order valence-corrected chi connectivity index (χ0v) is 13.4. The van der Waals surface area contributed by atoms with Gasteiger partial charge in [0.05, 0.1) is 11.7 Å². The van der Waals surface area contributed by atoms with Crippen molar-refractivity contribution in [2.45, 2.75) is 24.9 Å². The number of ether oxygens (including phenoxy) is 3. The van der Waals surface area contributed by atoms with Crippen LogP contribution in [0.2, 0.25) is 0 Å². The quantitative estimate of drug-likeness (QED) is 0.855. The SMILES string of the molecule is CO[C@H]1C[C@@H](O)[C@@H](COC(=O)c2ccc(-c3ccccc3)cc2)O1. The van der Waals surface area contributed by atoms with Gasteiger partial charge in [-0.3, -0.25) is 0 Å². The van der Waals surface area contributed by atoms with Crippen molar-refractivity contribution in [1.82, 2.24) is 0 Å². The van der Waals surface area contributed by atoms with Crippen molar-refractivity contribution in [3.63, 3.8) is 0 Å². The molecule has 1 heterocycles. The molecule has 0 radical (unpaired) electrons. The van der Waals surface area contributed by atoms with Crippen molar-refractivity contribution in [3.05, 3.63) is 60.2 Å². The average molecular weight is 328 g/mol. The third kappa shape index (κ3) is 3.82. The van der Waals surface area contributed by atoms with Gasteiger partial charge in [-0.05, 0) is 23.3 Å². The Morgan fingerprint density at radius 1 is 1.12 bits per heavy atom. The molecular formula is C19H20O5. The van der Waals surface area contributed by atoms with Crippen LogP contribution in [-0.4, -0.2) is 43.3 Å². The molecule has 5 heteroatoms. The van der Waals surface area contributed by atoms with Crippen LogP contribution in [0.3, 0.4) is 0 Å². The molecule has 3 atom stereocenters. The molecule has 1 fully saturated rings. The van der Waals surface area contributed by atoms with E-state index in [0.29, 0.717) is 12.0 Å². The van der Waals surface area contributed by atoms with E-state index in [4.69, 9.17) is 14.2 Å². The maximum absolute atomic E-state index is 12.1. The van der Waals surface area contributed by atoms with Crippen LogP contribution >= 0.6 is 0 Å². The lowest BCUT2D eigenvalue weighted by Gasteiger charge is -2.14. The fourth-order valence-corrected chi connectivity index (χ4v) is 2.66. The number of rotatable bonds is 5. The highest BCUT2D eigenvalue weighted by molar-refractivity contribution is 5.90. The van der Waals surface area contributed by atoms with Crippen LogP contribution in [0.15, 0.2) is 54.6 Å². The number of aliphatic hydroxyl groups excluding tert-OH is 1. The lowest BCUT2D eigenvalue weighted by Crippen LogP contribution is -2.28. The number of aliphatic hydroxyl groups is 1. The normalized spacial score (nSPS) is 23.2. The zero-order chi connectivity index (χ0) is 16.9. The summed E-state index contributed by atoms with van der Waals surface area (Å²) in [6, 6.07) is 17.2. The zero-order valence-electron chi connectivity index (χ0n) is 13.4. The van der Waals surface area contributed by atoms with Gasteiger partial charge >= 0.3 is 5.97 Å². The Kier molecular flexibility index (Phi) is 5.25. The van der Waals surface area contributed by atoms with Crippen molar-refractivity contribution in [2.24, 2.45) is 0 Å². The first kappa shape index (κ1) is 16.6. The van der Waals surface area contributed by atoms with E-state index in [1.54, 1.807) is 12.1 Å². The van der Waals surface area contributed by atoms with Gasteiger partial charge in [0.2, 0.25) is 0 Å². The van der Waals surface area contributed by atoms with Crippen LogP contribution in [-0.2, 0) is 14.2 Å². The first-order valence-corrected chi connectivity index (χ1v) is 7.86. The molecular weight excluding hydrogens is 308 g/mol. The molecule has 1 saturated heterocycles. The van der Waals surface area contributed by atoms with E-state index < -0.39 is 24.5 Å². The molecule has 0 bridgehead atoms. The van der Waals surface area contributed by atoms with E-state index in [1.807, 2.05) is 42.5 Å². The number of esters is 1. The molecule has 126 valence electrons. The first-order chi connectivity index (χ1) is 11.7. The van der Waals surface area contributed by atoms with E-state index in [0.717, 1.165) is 11.1 Å². The second-order valence-corrected chi connectivity index (χ2v) is 5.68. The Hall–Kier alpha value is -2.21. The van der Waals surface area contributed by atoms with Crippen LogP contribution in [0.1, 0.15) is 16.8 Å². The minimum absolute atomic E-state index is 0.000294. The highest BCUT2D eigenvalue weighted by Crippen LogP contribution is 2.22. The molecule has 2 aromatic rings. The van der Waals surface area contributed by atoms with Gasteiger partial charge in [0, 0.05) is 13.5 Å². The summed E-state index contributed by atoms with van der Waals surface area (Å²) in [4.78, 5) is 12.1. The first-order valence-electron chi connectivity index (χ1n) is 7.86. The summed E-state index contributed by atoms with van der Waals surface area (Å²) in [6.07, 6.45) is -1.32. The van der Waals surface area contributed by atoms with E-state index in [9.17, 15) is 9.90 Å². The monoisotopic (exact) mass is 328 g/mol. The number of methoxy groups -OCH3 is 1. The third-order valence-electron chi connectivity index (χ3n) is 4.06. The molecule has 0 aromatic heterocycles. The number of hydrogen-bond acceptors (Lipinski definition) is 5. The summed E-state index contributed by atoms with van der Waals surface area (Å²) in [6.45, 7) is 0.000294. The molecule has 0 saturated carbocycles. The third-order valence-corrected chi connectivity index (χ3v) is 4.06. The Balaban J connectivity index is 1.58. The Bertz CT molecular complexity index is 668. The van der Waals surface area contributed by atoms with Crippen LogP contribution in [0.25, 0.3) is 11.1 Å². The van der Waals surface area contributed by atoms with Crippen LogP contribution < -0.4 is 0 Å². The number of carbonyl (C=O) groups is 1. The van der Waals surface area contributed by atoms with Crippen molar-refractivity contribution in [1.29, 1.82) is 0 Å². The Morgan fingerprint density at radius 2 is 1.79 bits per heavy atom. The van der Waals surface area contributed by atoms with E-state index in [2.05, 4.69) is 0 Å². The van der Waals surface area contributed by atoms with Gasteiger partial charge in [0.25, 0.3) is 0 Å². The van der Waals surface area contributed by atoms with E-state index in [1.165, 1.54) is 7.11 Å². The van der Waals surface area contributed by atoms with Crippen LogP contribution in [0, 0.1) is 0 Å². The second-order valence-electron chi connectivity index (χ2n) is 5.68. The molecule has 0 unspecified atom stereocenters. The second kappa shape index (κ2) is 7.57. The molecule has 3 rings (SSSR count). The van der Waals surface area contributed by atoms with Crippen molar-refractivity contribution >= 4 is 5.97 Å². The summed E-state index contributed by atoms with van der Waals surface area (Å²) < 4.78 is 15.7. The molecule has 2 aromatic carbocycles.